The SMILES string of the molecule is Fc1cccc(Cl)c1CNc1ccnc(-c2ccncn2)n1. The van der Waals surface area contributed by atoms with Crippen molar-refractivity contribution in [3.8, 4) is 11.5 Å². The summed E-state index contributed by atoms with van der Waals surface area (Å²) in [5.41, 5.74) is 1.01. The van der Waals surface area contributed by atoms with E-state index in [4.69, 9.17) is 11.6 Å². The summed E-state index contributed by atoms with van der Waals surface area (Å²) in [5.74, 6) is 0.667. The number of halogens is 2. The zero-order chi connectivity index (χ0) is 15.4. The minimum absolute atomic E-state index is 0.228. The molecule has 2 heterocycles. The molecular weight excluding hydrogens is 305 g/mol. The summed E-state index contributed by atoms with van der Waals surface area (Å²) in [4.78, 5) is 16.4. The first-order chi connectivity index (χ1) is 10.7. The molecule has 7 heteroatoms. The first-order valence-corrected chi connectivity index (χ1v) is 6.88. The standard InChI is InChI=1S/C15H11ClFN5/c16-11-2-1-3-12(17)10(11)8-20-14-5-7-19-15(22-14)13-4-6-18-9-21-13/h1-7,9H,8H2,(H,19,20,22). The smallest absolute Gasteiger partial charge is 0.180 e. The van der Waals surface area contributed by atoms with Crippen LogP contribution < -0.4 is 5.32 Å². The van der Waals surface area contributed by atoms with Crippen LogP contribution in [0.25, 0.3) is 11.5 Å². The van der Waals surface area contributed by atoms with Crippen LogP contribution in [0.5, 0.6) is 0 Å². The average molecular weight is 316 g/mol. The molecule has 5 nitrogen and oxygen atoms in total. The van der Waals surface area contributed by atoms with E-state index in [1.54, 1.807) is 36.7 Å². The molecule has 0 unspecified atom stereocenters. The first kappa shape index (κ1) is 14.3. The zero-order valence-electron chi connectivity index (χ0n) is 11.4. The quantitative estimate of drug-likeness (QED) is 0.800. The Bertz CT molecular complexity index is 762. The fourth-order valence-electron chi connectivity index (χ4n) is 1.88. The number of rotatable bonds is 4. The van der Waals surface area contributed by atoms with Crippen LogP contribution in [0, 0.1) is 5.82 Å². The molecule has 2 aromatic heterocycles. The van der Waals surface area contributed by atoms with Crippen molar-refractivity contribution >= 4 is 17.4 Å². The lowest BCUT2D eigenvalue weighted by Gasteiger charge is -2.09. The third-order valence-electron chi connectivity index (χ3n) is 2.97. The van der Waals surface area contributed by atoms with Crippen LogP contribution in [0.2, 0.25) is 5.02 Å². The lowest BCUT2D eigenvalue weighted by Crippen LogP contribution is -2.05. The Kier molecular flexibility index (Phi) is 4.20. The molecular formula is C15H11ClFN5. The summed E-state index contributed by atoms with van der Waals surface area (Å²) >= 11 is 5.99. The van der Waals surface area contributed by atoms with Crippen molar-refractivity contribution < 1.29 is 4.39 Å². The van der Waals surface area contributed by atoms with Crippen molar-refractivity contribution in [1.29, 1.82) is 0 Å². The second kappa shape index (κ2) is 6.44. The molecule has 22 heavy (non-hydrogen) atoms. The second-order valence-corrected chi connectivity index (χ2v) is 4.82. The number of benzene rings is 1. The molecule has 0 saturated carbocycles. The molecule has 0 spiro atoms. The molecule has 1 aromatic carbocycles. The van der Waals surface area contributed by atoms with Gasteiger partial charge in [-0.2, -0.15) is 0 Å². The van der Waals surface area contributed by atoms with E-state index in [1.807, 2.05) is 0 Å². The normalized spacial score (nSPS) is 10.5. The van der Waals surface area contributed by atoms with Gasteiger partial charge >= 0.3 is 0 Å². The van der Waals surface area contributed by atoms with Gasteiger partial charge in [0.1, 0.15) is 23.7 Å². The number of nitrogens with one attached hydrogen (secondary N) is 1. The number of hydrogen-bond acceptors (Lipinski definition) is 5. The minimum Gasteiger partial charge on any atom is -0.366 e. The third-order valence-corrected chi connectivity index (χ3v) is 3.33. The Labute approximate surface area is 131 Å². The van der Waals surface area contributed by atoms with Gasteiger partial charge in [-0.25, -0.2) is 24.3 Å². The maximum absolute atomic E-state index is 13.7. The van der Waals surface area contributed by atoms with Gasteiger partial charge in [0.2, 0.25) is 0 Å². The summed E-state index contributed by atoms with van der Waals surface area (Å²) in [6, 6.07) is 7.99. The summed E-state index contributed by atoms with van der Waals surface area (Å²) in [6.45, 7) is 0.228. The van der Waals surface area contributed by atoms with Gasteiger partial charge in [-0.3, -0.25) is 0 Å². The molecule has 0 saturated heterocycles. The number of hydrogen-bond donors (Lipinski definition) is 1. The molecule has 1 N–H and O–H groups in total. The van der Waals surface area contributed by atoms with E-state index < -0.39 is 0 Å². The van der Waals surface area contributed by atoms with Gasteiger partial charge in [-0.15, -0.1) is 0 Å². The van der Waals surface area contributed by atoms with Crippen molar-refractivity contribution in [3.05, 3.63) is 65.5 Å². The molecule has 3 rings (SSSR count). The fraction of sp³-hybridized carbons (Fsp3) is 0.0667. The fourth-order valence-corrected chi connectivity index (χ4v) is 2.11. The maximum atomic E-state index is 13.7. The van der Waals surface area contributed by atoms with Gasteiger partial charge < -0.3 is 5.32 Å². The Hall–Kier alpha value is -2.60. The number of aromatic nitrogens is 4. The number of nitrogens with zero attached hydrogens (tertiary/aromatic N) is 4. The van der Waals surface area contributed by atoms with Crippen molar-refractivity contribution in [2.75, 3.05) is 5.32 Å². The molecule has 0 fully saturated rings. The van der Waals surface area contributed by atoms with Gasteiger partial charge in [0.15, 0.2) is 5.82 Å². The first-order valence-electron chi connectivity index (χ1n) is 6.50. The lowest BCUT2D eigenvalue weighted by atomic mass is 10.2. The van der Waals surface area contributed by atoms with Gasteiger partial charge in [-0.05, 0) is 24.3 Å². The molecule has 3 aromatic rings. The highest BCUT2D eigenvalue weighted by molar-refractivity contribution is 6.31. The molecule has 0 bridgehead atoms. The van der Waals surface area contributed by atoms with Crippen LogP contribution in [-0.2, 0) is 6.54 Å². The van der Waals surface area contributed by atoms with Crippen LogP contribution in [0.1, 0.15) is 5.56 Å². The van der Waals surface area contributed by atoms with Crippen molar-refractivity contribution in [2.24, 2.45) is 0 Å². The Morgan fingerprint density at radius 2 is 2.00 bits per heavy atom. The minimum atomic E-state index is -0.356. The summed E-state index contributed by atoms with van der Waals surface area (Å²) < 4.78 is 13.7. The van der Waals surface area contributed by atoms with Gasteiger partial charge in [0.05, 0.1) is 0 Å². The Morgan fingerprint density at radius 3 is 2.77 bits per heavy atom. The van der Waals surface area contributed by atoms with E-state index in [2.05, 4.69) is 25.3 Å². The molecule has 0 aliphatic rings. The van der Waals surface area contributed by atoms with Crippen LogP contribution in [0.4, 0.5) is 10.2 Å². The number of anilines is 1. The molecule has 0 radical (unpaired) electrons. The highest BCUT2D eigenvalue weighted by atomic mass is 35.5. The van der Waals surface area contributed by atoms with E-state index in [0.717, 1.165) is 0 Å². The lowest BCUT2D eigenvalue weighted by molar-refractivity contribution is 0.613. The van der Waals surface area contributed by atoms with Crippen LogP contribution >= 0.6 is 11.6 Å². The highest BCUT2D eigenvalue weighted by Crippen LogP contribution is 2.20. The van der Waals surface area contributed by atoms with Gasteiger partial charge in [-0.1, -0.05) is 17.7 Å². The molecule has 0 amide bonds. The van der Waals surface area contributed by atoms with E-state index in [9.17, 15) is 4.39 Å². The molecule has 0 atom stereocenters. The summed E-state index contributed by atoms with van der Waals surface area (Å²) in [5, 5.41) is 3.41. The Morgan fingerprint density at radius 1 is 1.09 bits per heavy atom. The van der Waals surface area contributed by atoms with Crippen molar-refractivity contribution in [3.63, 3.8) is 0 Å². The van der Waals surface area contributed by atoms with Crippen molar-refractivity contribution in [2.45, 2.75) is 6.54 Å². The summed E-state index contributed by atoms with van der Waals surface area (Å²) in [7, 11) is 0. The average Bonchev–Trinajstić information content (AvgIpc) is 2.55. The van der Waals surface area contributed by atoms with Crippen LogP contribution in [0.3, 0.4) is 0 Å². The molecule has 0 aliphatic carbocycles. The third kappa shape index (κ3) is 3.17. The monoisotopic (exact) mass is 315 g/mol. The van der Waals surface area contributed by atoms with Gasteiger partial charge in [0.25, 0.3) is 0 Å². The predicted molar refractivity (Wildman–Crippen MR) is 81.8 cm³/mol. The molecule has 110 valence electrons. The topological polar surface area (TPSA) is 63.6 Å². The van der Waals surface area contributed by atoms with Crippen LogP contribution in [-0.4, -0.2) is 19.9 Å². The van der Waals surface area contributed by atoms with E-state index in [1.165, 1.54) is 12.4 Å². The second-order valence-electron chi connectivity index (χ2n) is 4.41. The Balaban J connectivity index is 1.79. The van der Waals surface area contributed by atoms with E-state index in [-0.39, 0.29) is 12.4 Å². The van der Waals surface area contributed by atoms with Crippen molar-refractivity contribution in [1.82, 2.24) is 19.9 Å². The predicted octanol–water partition coefficient (Wildman–Crippen LogP) is 3.34. The zero-order valence-corrected chi connectivity index (χ0v) is 12.1. The van der Waals surface area contributed by atoms with Crippen LogP contribution in [0.15, 0.2) is 49.1 Å². The summed E-state index contributed by atoms with van der Waals surface area (Å²) in [6.07, 6.45) is 4.65. The largest absolute Gasteiger partial charge is 0.366 e. The highest BCUT2D eigenvalue weighted by Gasteiger charge is 2.08. The van der Waals surface area contributed by atoms with Gasteiger partial charge in [0, 0.05) is 29.5 Å². The maximum Gasteiger partial charge on any atom is 0.180 e. The molecule has 0 aliphatic heterocycles. The van der Waals surface area contributed by atoms with E-state index >= 15 is 0 Å². The van der Waals surface area contributed by atoms with E-state index in [0.29, 0.717) is 27.9 Å².